The van der Waals surface area contributed by atoms with Crippen LogP contribution < -0.4 is 0 Å². The van der Waals surface area contributed by atoms with Crippen molar-refractivity contribution in [2.24, 2.45) is 0 Å². The molecule has 0 radical (unpaired) electrons. The van der Waals surface area contributed by atoms with Crippen molar-refractivity contribution in [2.75, 3.05) is 14.2 Å². The Labute approximate surface area is 119 Å². The summed E-state index contributed by atoms with van der Waals surface area (Å²) in [5.41, 5.74) is 2.25. The molecule has 0 saturated heterocycles. The van der Waals surface area contributed by atoms with Gasteiger partial charge < -0.3 is 9.47 Å². The number of hydrogen-bond acceptors (Lipinski definition) is 4. The van der Waals surface area contributed by atoms with E-state index in [9.17, 15) is 9.59 Å². The number of rotatable bonds is 2. The Balaban J connectivity index is 2.78. The fourth-order valence-corrected chi connectivity index (χ4v) is 5.76. The van der Waals surface area contributed by atoms with E-state index in [4.69, 9.17) is 9.47 Å². The lowest BCUT2D eigenvalue weighted by Crippen LogP contribution is -2.42. The molecule has 0 fully saturated rings. The summed E-state index contributed by atoms with van der Waals surface area (Å²) in [7, 11) is 0.579. The van der Waals surface area contributed by atoms with Crippen LogP contribution in [0.2, 0.25) is 13.1 Å². The third-order valence-corrected chi connectivity index (χ3v) is 6.70. The molecule has 5 heteroatoms. The molecule has 106 valence electrons. The van der Waals surface area contributed by atoms with Gasteiger partial charge in [-0.15, -0.1) is 0 Å². The van der Waals surface area contributed by atoms with Gasteiger partial charge in [0.1, 0.15) is 0 Å². The van der Waals surface area contributed by atoms with Crippen LogP contribution in [0, 0.1) is 0 Å². The van der Waals surface area contributed by atoms with E-state index in [0.717, 1.165) is 17.2 Å². The summed E-state index contributed by atoms with van der Waals surface area (Å²) in [6.45, 7) is 4.14. The highest BCUT2D eigenvalue weighted by Crippen LogP contribution is 2.37. The SMILES string of the molecule is COC(=O)C1=C(C(=O)OC)[Si](C)(C)Cc2ccccc21. The van der Waals surface area contributed by atoms with Crippen LogP contribution in [0.4, 0.5) is 0 Å². The van der Waals surface area contributed by atoms with Gasteiger partial charge in [0.25, 0.3) is 0 Å². The van der Waals surface area contributed by atoms with Gasteiger partial charge in [0, 0.05) is 5.20 Å². The molecule has 0 saturated carbocycles. The minimum atomic E-state index is -2.09. The Morgan fingerprint density at radius 3 is 2.25 bits per heavy atom. The van der Waals surface area contributed by atoms with Crippen molar-refractivity contribution < 1.29 is 19.1 Å². The number of fused-ring (bicyclic) bond motifs is 1. The second kappa shape index (κ2) is 5.24. The summed E-state index contributed by atoms with van der Waals surface area (Å²) in [4.78, 5) is 24.4. The number of benzene rings is 1. The smallest absolute Gasteiger partial charge is 0.338 e. The molecule has 0 amide bonds. The normalized spacial score (nSPS) is 16.4. The van der Waals surface area contributed by atoms with Crippen LogP contribution in [-0.4, -0.2) is 34.2 Å². The zero-order chi connectivity index (χ0) is 14.9. The highest BCUT2D eigenvalue weighted by atomic mass is 28.3. The van der Waals surface area contributed by atoms with Gasteiger partial charge in [-0.05, 0) is 17.2 Å². The van der Waals surface area contributed by atoms with Crippen LogP contribution >= 0.6 is 0 Å². The second-order valence-corrected chi connectivity index (χ2v) is 10.1. The summed E-state index contributed by atoms with van der Waals surface area (Å²) in [5.74, 6) is -0.894. The van der Waals surface area contributed by atoms with Crippen molar-refractivity contribution in [3.05, 3.63) is 40.6 Å². The lowest BCUT2D eigenvalue weighted by Gasteiger charge is -2.32. The maximum absolute atomic E-state index is 12.2. The number of carbonyl (C=O) groups excluding carboxylic acids is 2. The predicted octanol–water partition coefficient (Wildman–Crippen LogP) is 2.13. The van der Waals surface area contributed by atoms with Crippen molar-refractivity contribution in [2.45, 2.75) is 19.1 Å². The van der Waals surface area contributed by atoms with E-state index >= 15 is 0 Å². The molecule has 4 nitrogen and oxygen atoms in total. The summed E-state index contributed by atoms with van der Waals surface area (Å²) < 4.78 is 9.78. The van der Waals surface area contributed by atoms with Gasteiger partial charge in [-0.2, -0.15) is 0 Å². The van der Waals surface area contributed by atoms with Crippen molar-refractivity contribution in [1.29, 1.82) is 0 Å². The van der Waals surface area contributed by atoms with Gasteiger partial charge in [0.2, 0.25) is 0 Å². The largest absolute Gasteiger partial charge is 0.466 e. The summed E-state index contributed by atoms with van der Waals surface area (Å²) in [6.07, 6.45) is 0. The van der Waals surface area contributed by atoms with E-state index in [2.05, 4.69) is 13.1 Å². The van der Waals surface area contributed by atoms with Gasteiger partial charge in [-0.1, -0.05) is 37.4 Å². The maximum atomic E-state index is 12.2. The minimum Gasteiger partial charge on any atom is -0.466 e. The highest BCUT2D eigenvalue weighted by Gasteiger charge is 2.41. The number of methoxy groups -OCH3 is 2. The van der Waals surface area contributed by atoms with Crippen LogP contribution in [0.1, 0.15) is 11.1 Å². The first-order chi connectivity index (χ1) is 9.42. The fourth-order valence-electron chi connectivity index (χ4n) is 2.75. The van der Waals surface area contributed by atoms with Crippen LogP contribution in [0.15, 0.2) is 29.5 Å². The first-order valence-electron chi connectivity index (χ1n) is 6.42. The van der Waals surface area contributed by atoms with Gasteiger partial charge in [0.15, 0.2) is 0 Å². The third-order valence-electron chi connectivity index (χ3n) is 3.62. The Morgan fingerprint density at radius 2 is 1.65 bits per heavy atom. The molecule has 0 aliphatic carbocycles. The van der Waals surface area contributed by atoms with E-state index in [1.807, 2.05) is 24.3 Å². The molecule has 20 heavy (non-hydrogen) atoms. The van der Waals surface area contributed by atoms with Crippen LogP contribution in [0.3, 0.4) is 0 Å². The Kier molecular flexibility index (Phi) is 3.81. The molecule has 1 aromatic rings. The summed E-state index contributed by atoms with van der Waals surface area (Å²) in [6, 6.07) is 8.47. The molecule has 1 heterocycles. The lowest BCUT2D eigenvalue weighted by atomic mass is 9.99. The van der Waals surface area contributed by atoms with E-state index < -0.39 is 20.0 Å². The van der Waals surface area contributed by atoms with Crippen molar-refractivity contribution in [3.8, 4) is 0 Å². The monoisotopic (exact) mass is 290 g/mol. The molecular weight excluding hydrogens is 272 g/mol. The van der Waals surface area contributed by atoms with E-state index in [1.165, 1.54) is 14.2 Å². The number of hydrogen-bond donors (Lipinski definition) is 0. The maximum Gasteiger partial charge on any atom is 0.338 e. The molecule has 1 aliphatic heterocycles. The van der Waals surface area contributed by atoms with Crippen molar-refractivity contribution in [3.63, 3.8) is 0 Å². The molecule has 0 spiro atoms. The highest BCUT2D eigenvalue weighted by molar-refractivity contribution is 6.89. The molecule has 2 rings (SSSR count). The standard InChI is InChI=1S/C15H18O4Si/c1-18-14(16)12-11-8-6-5-7-10(11)9-20(3,4)13(12)15(17)19-2/h5-8H,9H2,1-4H3. The zero-order valence-electron chi connectivity index (χ0n) is 12.1. The summed E-state index contributed by atoms with van der Waals surface area (Å²) in [5, 5.41) is 0.519. The molecular formula is C15H18O4Si. The Morgan fingerprint density at radius 1 is 1.05 bits per heavy atom. The molecule has 1 aromatic carbocycles. The second-order valence-electron chi connectivity index (χ2n) is 5.45. The van der Waals surface area contributed by atoms with Gasteiger partial charge in [-0.3, -0.25) is 0 Å². The average molecular weight is 290 g/mol. The van der Waals surface area contributed by atoms with Gasteiger partial charge in [0.05, 0.1) is 27.9 Å². The quantitative estimate of drug-likeness (QED) is 0.618. The molecule has 0 N–H and O–H groups in total. The van der Waals surface area contributed by atoms with Gasteiger partial charge >= 0.3 is 11.9 Å². The topological polar surface area (TPSA) is 52.6 Å². The molecule has 0 unspecified atom stereocenters. The zero-order valence-corrected chi connectivity index (χ0v) is 13.1. The molecule has 0 bridgehead atoms. The van der Waals surface area contributed by atoms with Crippen LogP contribution in [-0.2, 0) is 25.1 Å². The minimum absolute atomic E-state index is 0.373. The van der Waals surface area contributed by atoms with E-state index in [1.54, 1.807) is 0 Å². The van der Waals surface area contributed by atoms with Crippen LogP contribution in [0.25, 0.3) is 5.57 Å². The van der Waals surface area contributed by atoms with E-state index in [-0.39, 0.29) is 0 Å². The summed E-state index contributed by atoms with van der Waals surface area (Å²) >= 11 is 0. The number of esters is 2. The first-order valence-corrected chi connectivity index (χ1v) is 9.62. The molecule has 0 atom stereocenters. The Hall–Kier alpha value is -1.88. The average Bonchev–Trinajstić information content (AvgIpc) is 2.43. The Bertz CT molecular complexity index is 602. The third kappa shape index (κ3) is 2.29. The number of ether oxygens (including phenoxy) is 2. The van der Waals surface area contributed by atoms with Gasteiger partial charge in [-0.25, -0.2) is 9.59 Å². The van der Waals surface area contributed by atoms with Crippen molar-refractivity contribution in [1.82, 2.24) is 0 Å². The molecule has 1 aliphatic rings. The predicted molar refractivity (Wildman–Crippen MR) is 78.6 cm³/mol. The fraction of sp³-hybridized carbons (Fsp3) is 0.333. The number of carbonyl (C=O) groups is 2. The van der Waals surface area contributed by atoms with Crippen molar-refractivity contribution >= 4 is 25.6 Å². The van der Waals surface area contributed by atoms with E-state index in [0.29, 0.717) is 10.8 Å². The first kappa shape index (κ1) is 14.5. The van der Waals surface area contributed by atoms with Crippen LogP contribution in [0.5, 0.6) is 0 Å². The lowest BCUT2D eigenvalue weighted by molar-refractivity contribution is -0.137. The molecule has 0 aromatic heterocycles.